The van der Waals surface area contributed by atoms with Crippen molar-refractivity contribution in [3.05, 3.63) is 155 Å². The average Bonchev–Trinajstić information content (AvgIpc) is 3.50. The van der Waals surface area contributed by atoms with Crippen molar-refractivity contribution in [2.45, 2.75) is 18.8 Å². The van der Waals surface area contributed by atoms with Crippen LogP contribution in [0.25, 0.3) is 43.5 Å². The Labute approximate surface area is 237 Å². The van der Waals surface area contributed by atoms with E-state index in [1.54, 1.807) is 0 Å². The van der Waals surface area contributed by atoms with Crippen LogP contribution >= 0.6 is 0 Å². The Morgan fingerprint density at radius 2 is 1.32 bits per heavy atom. The Hall–Kier alpha value is -5.15. The summed E-state index contributed by atoms with van der Waals surface area (Å²) in [6, 6.07) is 40.5. The second-order valence-corrected chi connectivity index (χ2v) is 11.6. The molecule has 0 saturated carbocycles. The molecule has 7 aromatic rings. The quantitative estimate of drug-likeness (QED) is 0.210. The summed E-state index contributed by atoms with van der Waals surface area (Å²) in [6.07, 6.45) is 5.53. The zero-order chi connectivity index (χ0) is 27.3. The Bertz CT molecular complexity index is 2330. The lowest BCUT2D eigenvalue weighted by molar-refractivity contribution is 0.586. The predicted molar refractivity (Wildman–Crippen MR) is 170 cm³/mol. The molecule has 0 radical (unpaired) electrons. The largest absolute Gasteiger partial charge is 0.313 e. The van der Waals surface area contributed by atoms with Gasteiger partial charge in [0, 0.05) is 44.0 Å². The van der Waals surface area contributed by atoms with E-state index in [0.29, 0.717) is 0 Å². The molecule has 5 aromatic carbocycles. The van der Waals surface area contributed by atoms with E-state index in [9.17, 15) is 4.79 Å². The summed E-state index contributed by atoms with van der Waals surface area (Å²) in [6.45, 7) is 2.38. The summed E-state index contributed by atoms with van der Waals surface area (Å²) in [4.78, 5) is 16.1. The van der Waals surface area contributed by atoms with E-state index in [4.69, 9.17) is 0 Å². The highest BCUT2D eigenvalue weighted by Crippen LogP contribution is 2.56. The molecular formula is C38H26N2O. The van der Waals surface area contributed by atoms with Gasteiger partial charge in [-0.25, -0.2) is 0 Å². The fourth-order valence-corrected chi connectivity index (χ4v) is 7.49. The summed E-state index contributed by atoms with van der Waals surface area (Å²) in [5.41, 5.74) is 9.50. The third-order valence-corrected chi connectivity index (χ3v) is 9.34. The first-order valence-corrected chi connectivity index (χ1v) is 14.2. The van der Waals surface area contributed by atoms with Gasteiger partial charge in [0.15, 0.2) is 0 Å². The number of para-hydroxylation sites is 3. The minimum atomic E-state index is -0.162. The van der Waals surface area contributed by atoms with Crippen LogP contribution in [0.5, 0.6) is 0 Å². The summed E-state index contributed by atoms with van der Waals surface area (Å²) in [5, 5.41) is 5.15. The monoisotopic (exact) mass is 526 g/mol. The van der Waals surface area contributed by atoms with Crippen LogP contribution < -0.4 is 10.5 Å². The number of anilines is 2. The number of allylic oxidation sites excluding steroid dienone is 4. The van der Waals surface area contributed by atoms with Crippen LogP contribution in [0.4, 0.5) is 11.4 Å². The molecule has 0 bridgehead atoms. The van der Waals surface area contributed by atoms with Crippen molar-refractivity contribution in [3.63, 3.8) is 0 Å². The van der Waals surface area contributed by atoms with Gasteiger partial charge in [-0.1, -0.05) is 78.9 Å². The number of aromatic nitrogens is 1. The zero-order valence-electron chi connectivity index (χ0n) is 22.6. The molecule has 41 heavy (non-hydrogen) atoms. The zero-order valence-corrected chi connectivity index (χ0v) is 22.6. The maximum absolute atomic E-state index is 13.7. The fraction of sp³-hybridized carbons (Fsp3) is 0.0789. The van der Waals surface area contributed by atoms with Crippen molar-refractivity contribution in [1.29, 1.82) is 0 Å². The molecule has 3 nitrogen and oxygen atoms in total. The lowest BCUT2D eigenvalue weighted by Crippen LogP contribution is -2.28. The highest BCUT2D eigenvalue weighted by atomic mass is 16.1. The summed E-state index contributed by atoms with van der Waals surface area (Å²) in [7, 11) is 0. The molecule has 2 aliphatic rings. The smallest absolute Gasteiger partial charge is 0.263 e. The first kappa shape index (κ1) is 22.6. The van der Waals surface area contributed by atoms with Gasteiger partial charge in [-0.05, 0) is 84.0 Å². The van der Waals surface area contributed by atoms with Gasteiger partial charge in [-0.15, -0.1) is 0 Å². The summed E-state index contributed by atoms with van der Waals surface area (Å²) >= 11 is 0. The topological polar surface area (TPSA) is 24.7 Å². The molecule has 0 spiro atoms. The lowest BCUT2D eigenvalue weighted by Gasteiger charge is -2.34. The number of nitrogens with zero attached hydrogens (tertiary/aromatic N) is 2. The molecule has 0 fully saturated rings. The minimum absolute atomic E-state index is 0.0487. The molecule has 0 N–H and O–H groups in total. The Kier molecular flexibility index (Phi) is 4.39. The van der Waals surface area contributed by atoms with E-state index in [1.165, 1.54) is 33.8 Å². The maximum atomic E-state index is 13.7. The van der Waals surface area contributed by atoms with E-state index in [-0.39, 0.29) is 11.0 Å². The third-order valence-electron chi connectivity index (χ3n) is 9.34. The van der Waals surface area contributed by atoms with Gasteiger partial charge >= 0.3 is 0 Å². The standard InChI is InChI=1S/C38H26N2O/c1-38-23-24(19-20-35(38)39(26-11-3-2-4-12-26)34-18-10-8-16-32(34)38)25-21-30-27-13-5-6-15-29(27)37(41)40-33-17-9-7-14-28(33)31(22-25)36(30)40/h2-22H,23H2,1H3. The van der Waals surface area contributed by atoms with Gasteiger partial charge in [-0.3, -0.25) is 9.20 Å². The average molecular weight is 527 g/mol. The van der Waals surface area contributed by atoms with Crippen molar-refractivity contribution in [3.8, 4) is 0 Å². The number of rotatable bonds is 2. The number of hydrogen-bond donors (Lipinski definition) is 0. The van der Waals surface area contributed by atoms with Crippen LogP contribution in [0, 0.1) is 0 Å². The molecule has 1 unspecified atom stereocenters. The van der Waals surface area contributed by atoms with Crippen LogP contribution in [0.2, 0.25) is 0 Å². The van der Waals surface area contributed by atoms with Gasteiger partial charge < -0.3 is 4.90 Å². The molecular weight excluding hydrogens is 500 g/mol. The first-order valence-electron chi connectivity index (χ1n) is 14.2. The van der Waals surface area contributed by atoms with Gasteiger partial charge in [-0.2, -0.15) is 0 Å². The molecule has 9 rings (SSSR count). The number of pyridine rings is 1. The van der Waals surface area contributed by atoms with Gasteiger partial charge in [0.1, 0.15) is 0 Å². The van der Waals surface area contributed by atoms with Crippen LogP contribution in [0.3, 0.4) is 0 Å². The van der Waals surface area contributed by atoms with Crippen molar-refractivity contribution < 1.29 is 0 Å². The Morgan fingerprint density at radius 3 is 2.15 bits per heavy atom. The third kappa shape index (κ3) is 2.90. The van der Waals surface area contributed by atoms with E-state index in [1.807, 2.05) is 28.7 Å². The molecule has 3 heterocycles. The van der Waals surface area contributed by atoms with Crippen molar-refractivity contribution in [2.75, 3.05) is 4.90 Å². The highest BCUT2D eigenvalue weighted by molar-refractivity contribution is 6.21. The van der Waals surface area contributed by atoms with Gasteiger partial charge in [0.2, 0.25) is 0 Å². The predicted octanol–water partition coefficient (Wildman–Crippen LogP) is 8.98. The van der Waals surface area contributed by atoms with E-state index in [2.05, 4.69) is 115 Å². The lowest BCUT2D eigenvalue weighted by atomic mass is 9.72. The Morgan fingerprint density at radius 1 is 0.659 bits per heavy atom. The second kappa shape index (κ2) is 7.96. The molecule has 0 saturated heterocycles. The van der Waals surface area contributed by atoms with Crippen LogP contribution in [-0.2, 0) is 5.41 Å². The molecule has 1 atom stereocenters. The van der Waals surface area contributed by atoms with E-state index in [0.717, 1.165) is 44.4 Å². The minimum Gasteiger partial charge on any atom is -0.313 e. The summed E-state index contributed by atoms with van der Waals surface area (Å²) < 4.78 is 1.92. The molecule has 3 heteroatoms. The second-order valence-electron chi connectivity index (χ2n) is 11.6. The maximum Gasteiger partial charge on any atom is 0.263 e. The molecule has 1 aliphatic heterocycles. The first-order chi connectivity index (χ1) is 20.1. The van der Waals surface area contributed by atoms with Crippen LogP contribution in [0.15, 0.2) is 138 Å². The molecule has 0 amide bonds. The van der Waals surface area contributed by atoms with Gasteiger partial charge in [0.05, 0.1) is 11.0 Å². The molecule has 194 valence electrons. The van der Waals surface area contributed by atoms with E-state index >= 15 is 0 Å². The van der Waals surface area contributed by atoms with Crippen molar-refractivity contribution >= 4 is 54.9 Å². The fourth-order valence-electron chi connectivity index (χ4n) is 7.49. The van der Waals surface area contributed by atoms with E-state index < -0.39 is 0 Å². The Balaban J connectivity index is 1.32. The van der Waals surface area contributed by atoms with Crippen molar-refractivity contribution in [1.82, 2.24) is 4.40 Å². The number of hydrogen-bond acceptors (Lipinski definition) is 2. The number of benzene rings is 5. The van der Waals surface area contributed by atoms with Gasteiger partial charge in [0.25, 0.3) is 5.56 Å². The SMILES string of the molecule is CC12CC(c3cc4c5ccccc5c(=O)n5c6ccccc6c(c3)c45)=CC=C1N(c1ccccc1)c1ccccc12. The normalized spacial score (nSPS) is 18.2. The molecule has 2 aromatic heterocycles. The summed E-state index contributed by atoms with van der Waals surface area (Å²) in [5.74, 6) is 0. The molecule has 1 aliphatic carbocycles. The van der Waals surface area contributed by atoms with Crippen molar-refractivity contribution in [2.24, 2.45) is 0 Å². The van der Waals surface area contributed by atoms with Crippen LogP contribution in [0.1, 0.15) is 24.5 Å². The number of fused-ring (bicyclic) bond motifs is 8. The van der Waals surface area contributed by atoms with Crippen LogP contribution in [-0.4, -0.2) is 4.40 Å². The highest BCUT2D eigenvalue weighted by Gasteiger charge is 2.45.